The lowest BCUT2D eigenvalue weighted by Gasteiger charge is -2.41. The van der Waals surface area contributed by atoms with Gasteiger partial charge >= 0.3 is 0 Å². The highest BCUT2D eigenvalue weighted by Crippen LogP contribution is 2.39. The van der Waals surface area contributed by atoms with Crippen LogP contribution in [0.4, 0.5) is 0 Å². The first-order valence-corrected chi connectivity index (χ1v) is 14.2. The normalized spacial score (nSPS) is 20.7. The smallest absolute Gasteiger partial charge is 0.247 e. The number of carbonyl (C=O) groups excluding carboxylic acids is 2. The summed E-state index contributed by atoms with van der Waals surface area (Å²) in [6.45, 7) is -0.101. The van der Waals surface area contributed by atoms with Crippen molar-refractivity contribution < 1.29 is 34.4 Å². The molecule has 9 nitrogen and oxygen atoms in total. The first-order valence-electron chi connectivity index (χ1n) is 12.7. The van der Waals surface area contributed by atoms with E-state index >= 15 is 0 Å². The number of nitrogens with one attached hydrogen (secondary N) is 1. The van der Waals surface area contributed by atoms with E-state index in [0.717, 1.165) is 18.4 Å². The molecule has 11 heteroatoms. The molecule has 2 aromatic carbocycles. The molecule has 4 rings (SSSR count). The van der Waals surface area contributed by atoms with Crippen molar-refractivity contribution in [1.82, 2.24) is 10.2 Å². The van der Waals surface area contributed by atoms with Crippen LogP contribution in [0.2, 0.25) is 5.02 Å². The van der Waals surface area contributed by atoms with E-state index in [1.54, 1.807) is 35.2 Å². The number of ether oxygens (including phenoxy) is 2. The number of hydrogen-bond donors (Lipinski definition) is 4. The number of aliphatic hydroxyl groups is 3. The maximum Gasteiger partial charge on any atom is 0.247 e. The van der Waals surface area contributed by atoms with E-state index in [1.807, 2.05) is 12.1 Å². The topological polar surface area (TPSA) is 129 Å². The minimum atomic E-state index is -1.16. The molecule has 2 aliphatic rings. The highest BCUT2D eigenvalue weighted by molar-refractivity contribution is 14.1. The van der Waals surface area contributed by atoms with Crippen molar-refractivity contribution in [2.45, 2.75) is 50.7 Å². The molecule has 39 heavy (non-hydrogen) atoms. The van der Waals surface area contributed by atoms with Gasteiger partial charge in [-0.15, -0.1) is 0 Å². The molecule has 4 N–H and O–H groups in total. The Morgan fingerprint density at radius 3 is 2.49 bits per heavy atom. The van der Waals surface area contributed by atoms with Gasteiger partial charge in [0.25, 0.3) is 0 Å². The molecule has 0 unspecified atom stereocenters. The zero-order valence-electron chi connectivity index (χ0n) is 21.5. The molecular formula is C28H32ClIN2O7. The minimum Gasteiger partial charge on any atom is -0.493 e. The van der Waals surface area contributed by atoms with Crippen LogP contribution in [0.25, 0.3) is 0 Å². The van der Waals surface area contributed by atoms with Gasteiger partial charge in [0, 0.05) is 36.0 Å². The average Bonchev–Trinajstić information content (AvgIpc) is 3.78. The van der Waals surface area contributed by atoms with Crippen molar-refractivity contribution in [3.8, 4) is 11.5 Å². The third-order valence-electron chi connectivity index (χ3n) is 6.82. The number of halogens is 2. The second kappa shape index (κ2) is 13.3. The van der Waals surface area contributed by atoms with Crippen molar-refractivity contribution in [2.24, 2.45) is 5.92 Å². The average molecular weight is 671 g/mol. The lowest BCUT2D eigenvalue weighted by Crippen LogP contribution is -2.55. The van der Waals surface area contributed by atoms with Crippen LogP contribution in [-0.4, -0.2) is 70.5 Å². The van der Waals surface area contributed by atoms with Crippen LogP contribution in [0.5, 0.6) is 11.5 Å². The number of hydrogen-bond acceptors (Lipinski definition) is 7. The van der Waals surface area contributed by atoms with E-state index in [0.29, 0.717) is 31.2 Å². The van der Waals surface area contributed by atoms with E-state index in [9.17, 15) is 24.9 Å². The second-order valence-electron chi connectivity index (χ2n) is 9.65. The van der Waals surface area contributed by atoms with Gasteiger partial charge in [-0.1, -0.05) is 23.7 Å². The largest absolute Gasteiger partial charge is 0.493 e. The quantitative estimate of drug-likeness (QED) is 0.271. The monoisotopic (exact) mass is 670 g/mol. The molecule has 0 saturated heterocycles. The first-order chi connectivity index (χ1) is 18.7. The van der Waals surface area contributed by atoms with Gasteiger partial charge in [-0.3, -0.25) is 9.59 Å². The van der Waals surface area contributed by atoms with Crippen LogP contribution in [0.1, 0.15) is 30.4 Å². The van der Waals surface area contributed by atoms with Gasteiger partial charge < -0.3 is 35.0 Å². The van der Waals surface area contributed by atoms with Gasteiger partial charge in [0.15, 0.2) is 11.5 Å². The number of methoxy groups -OCH3 is 1. The molecule has 0 aliphatic heterocycles. The summed E-state index contributed by atoms with van der Waals surface area (Å²) in [6, 6.07) is 9.80. The van der Waals surface area contributed by atoms with Crippen LogP contribution in [-0.2, 0) is 22.7 Å². The van der Waals surface area contributed by atoms with E-state index in [-0.39, 0.29) is 44.5 Å². The third-order valence-corrected chi connectivity index (χ3v) is 7.87. The molecule has 0 bridgehead atoms. The molecular weight excluding hydrogens is 639 g/mol. The Kier molecular flexibility index (Phi) is 10.1. The summed E-state index contributed by atoms with van der Waals surface area (Å²) in [7, 11) is 1.48. The second-order valence-corrected chi connectivity index (χ2v) is 11.2. The van der Waals surface area contributed by atoms with E-state index in [1.165, 1.54) is 7.11 Å². The van der Waals surface area contributed by atoms with Crippen molar-refractivity contribution in [1.29, 1.82) is 0 Å². The van der Waals surface area contributed by atoms with E-state index in [2.05, 4.69) is 27.9 Å². The molecule has 2 aliphatic carbocycles. The molecule has 0 spiro atoms. The molecule has 1 saturated carbocycles. The molecule has 3 atom stereocenters. The summed E-state index contributed by atoms with van der Waals surface area (Å²) in [6.07, 6.45) is 1.09. The summed E-state index contributed by atoms with van der Waals surface area (Å²) in [4.78, 5) is 28.2. The van der Waals surface area contributed by atoms with Gasteiger partial charge in [0.05, 0.1) is 29.9 Å². The van der Waals surface area contributed by atoms with Crippen LogP contribution in [0.3, 0.4) is 0 Å². The highest BCUT2D eigenvalue weighted by atomic mass is 127. The summed E-state index contributed by atoms with van der Waals surface area (Å²) in [5.41, 5.74) is 1.82. The van der Waals surface area contributed by atoms with Gasteiger partial charge in [-0.2, -0.15) is 0 Å². The minimum absolute atomic E-state index is 0.0682. The predicted octanol–water partition coefficient (Wildman–Crippen LogP) is 2.80. The predicted molar refractivity (Wildman–Crippen MR) is 153 cm³/mol. The van der Waals surface area contributed by atoms with Gasteiger partial charge in [-0.25, -0.2) is 0 Å². The highest BCUT2D eigenvalue weighted by Gasteiger charge is 2.44. The molecule has 0 heterocycles. The molecule has 2 aromatic rings. The number of amides is 2. The Bertz CT molecular complexity index is 1220. The maximum absolute atomic E-state index is 13.5. The fraction of sp³-hybridized carbons (Fsp3) is 0.429. The number of nitrogens with zero attached hydrogens (tertiary/aromatic N) is 1. The lowest BCUT2D eigenvalue weighted by atomic mass is 9.87. The number of rotatable bonds is 11. The van der Waals surface area contributed by atoms with Crippen LogP contribution in [0.15, 0.2) is 48.0 Å². The lowest BCUT2D eigenvalue weighted by molar-refractivity contribution is -0.140. The summed E-state index contributed by atoms with van der Waals surface area (Å²) in [5.74, 6) is 0.117. The molecule has 2 amide bonds. The Hall–Kier alpha value is -2.38. The number of aliphatic hydroxyl groups excluding tert-OH is 3. The van der Waals surface area contributed by atoms with Crippen LogP contribution < -0.4 is 14.8 Å². The van der Waals surface area contributed by atoms with E-state index in [4.69, 9.17) is 21.1 Å². The van der Waals surface area contributed by atoms with Crippen molar-refractivity contribution in [3.63, 3.8) is 0 Å². The van der Waals surface area contributed by atoms with Gasteiger partial charge in [-0.05, 0) is 76.9 Å². The Balaban J connectivity index is 1.70. The maximum atomic E-state index is 13.5. The fourth-order valence-corrected chi connectivity index (χ4v) is 5.52. The fourth-order valence-electron chi connectivity index (χ4n) is 4.60. The SMILES string of the molecule is COc1cc(CO)cc(I)c1O[C@H]1C=C(C(=O)NCCO)C[C@@H](N(Cc2ccc(Cl)cc2)C(=O)C2CC2)[C@@H]1O. The molecule has 0 aromatic heterocycles. The zero-order valence-corrected chi connectivity index (χ0v) is 24.4. The number of carbonyl (C=O) groups is 2. The van der Waals surface area contributed by atoms with Crippen molar-refractivity contribution >= 4 is 46.0 Å². The molecule has 0 radical (unpaired) electrons. The van der Waals surface area contributed by atoms with Crippen LogP contribution in [0, 0.1) is 9.49 Å². The number of benzene rings is 2. The molecule has 1 fully saturated rings. The van der Waals surface area contributed by atoms with Gasteiger partial charge in [0.1, 0.15) is 12.2 Å². The summed E-state index contributed by atoms with van der Waals surface area (Å²) < 4.78 is 12.4. The van der Waals surface area contributed by atoms with Crippen molar-refractivity contribution in [2.75, 3.05) is 20.3 Å². The Morgan fingerprint density at radius 1 is 1.15 bits per heavy atom. The first kappa shape index (κ1) is 29.6. The Labute approximate surface area is 245 Å². The van der Waals surface area contributed by atoms with Crippen LogP contribution >= 0.6 is 34.2 Å². The standard InChI is InChI=1S/C28H32ClIN2O7/c1-38-24-11-17(15-34)10-21(30)26(24)39-23-13-19(27(36)31-8-9-33)12-22(25(23)35)32(28(37)18-4-5-18)14-16-2-6-20(29)7-3-16/h2-3,6-7,10-11,13,18,22-23,25,33-35H,4-5,8-9,12,14-15H2,1H3,(H,31,36)/t22-,23+,25+/m1/s1. The molecule has 210 valence electrons. The van der Waals surface area contributed by atoms with E-state index < -0.39 is 24.2 Å². The Morgan fingerprint density at radius 2 is 1.87 bits per heavy atom. The zero-order chi connectivity index (χ0) is 28.1. The summed E-state index contributed by atoms with van der Waals surface area (Å²) >= 11 is 8.12. The third kappa shape index (κ3) is 7.23. The van der Waals surface area contributed by atoms with Crippen molar-refractivity contribution in [3.05, 3.63) is 67.8 Å². The van der Waals surface area contributed by atoms with Gasteiger partial charge in [0.2, 0.25) is 11.8 Å². The summed E-state index contributed by atoms with van der Waals surface area (Å²) in [5, 5.41) is 33.6.